The van der Waals surface area contributed by atoms with Crippen molar-refractivity contribution >= 4 is 5.69 Å². The first-order chi connectivity index (χ1) is 3.79. The summed E-state index contributed by atoms with van der Waals surface area (Å²) in [7, 11) is 0. The second-order valence-electron chi connectivity index (χ2n) is 2.25. The molecule has 2 rings (SSSR count). The van der Waals surface area contributed by atoms with Crippen LogP contribution in [0.3, 0.4) is 0 Å². The Morgan fingerprint density at radius 3 is 2.12 bits per heavy atom. The van der Waals surface area contributed by atoms with Gasteiger partial charge in [0.25, 0.3) is 0 Å². The highest BCUT2D eigenvalue weighted by Crippen LogP contribution is 2.21. The van der Waals surface area contributed by atoms with Gasteiger partial charge in [0.1, 0.15) is 0 Å². The predicted molar refractivity (Wildman–Crippen MR) is 33.3 cm³/mol. The summed E-state index contributed by atoms with van der Waals surface area (Å²) in [6.07, 6.45) is 0. The molecular formula is C7H7N. The third-order valence-electron chi connectivity index (χ3n) is 1.69. The molecule has 0 heterocycles. The molecule has 0 bridgehead atoms. The van der Waals surface area contributed by atoms with Gasteiger partial charge >= 0.3 is 0 Å². The highest BCUT2D eigenvalue weighted by Gasteiger charge is 2.04. The quantitative estimate of drug-likeness (QED) is 0.500. The molecule has 0 saturated carbocycles. The molecule has 0 spiro atoms. The van der Waals surface area contributed by atoms with E-state index in [0.29, 0.717) is 0 Å². The van der Waals surface area contributed by atoms with Crippen LogP contribution in [0.4, 0.5) is 5.69 Å². The van der Waals surface area contributed by atoms with Crippen LogP contribution in [-0.4, -0.2) is 0 Å². The molecule has 2 aliphatic rings. The van der Waals surface area contributed by atoms with Gasteiger partial charge in [-0.2, -0.15) is 0 Å². The van der Waals surface area contributed by atoms with E-state index in [0.717, 1.165) is 5.69 Å². The number of nitrogen functional groups attached to an aromatic ring is 1. The van der Waals surface area contributed by atoms with Crippen LogP contribution in [0.2, 0.25) is 0 Å². The van der Waals surface area contributed by atoms with Gasteiger partial charge in [-0.3, -0.25) is 0 Å². The molecule has 0 unspecified atom stereocenters. The van der Waals surface area contributed by atoms with Crippen LogP contribution in [0.5, 0.6) is 0 Å². The number of aryl methyl sites for hydroxylation is 1. The van der Waals surface area contributed by atoms with E-state index in [9.17, 15) is 0 Å². The van der Waals surface area contributed by atoms with Crippen molar-refractivity contribution in [3.63, 3.8) is 0 Å². The van der Waals surface area contributed by atoms with E-state index in [4.69, 9.17) is 5.73 Å². The maximum Gasteiger partial charge on any atom is 0.0400 e. The topological polar surface area (TPSA) is 26.0 Å². The summed E-state index contributed by atoms with van der Waals surface area (Å²) >= 11 is 0. The van der Waals surface area contributed by atoms with E-state index in [1.54, 1.807) is 0 Å². The van der Waals surface area contributed by atoms with Gasteiger partial charge in [0, 0.05) is 10.9 Å². The van der Waals surface area contributed by atoms with E-state index in [-0.39, 0.29) is 0 Å². The number of hydrogen-bond acceptors (Lipinski definition) is 1. The molecular weight excluding hydrogens is 98.1 g/mol. The van der Waals surface area contributed by atoms with Gasteiger partial charge < -0.3 is 5.73 Å². The first kappa shape index (κ1) is 3.96. The van der Waals surface area contributed by atoms with E-state index in [1.807, 2.05) is 6.07 Å². The lowest BCUT2D eigenvalue weighted by Crippen LogP contribution is -1.99. The van der Waals surface area contributed by atoms with Gasteiger partial charge in [0.15, 0.2) is 0 Å². The molecule has 0 saturated heterocycles. The molecule has 0 aromatic carbocycles. The first-order valence-electron chi connectivity index (χ1n) is 2.69. The number of hydrogen-bond donors (Lipinski definition) is 1. The Morgan fingerprint density at radius 2 is 2.00 bits per heavy atom. The summed E-state index contributed by atoms with van der Waals surface area (Å²) in [6.45, 7) is 2.10. The van der Waals surface area contributed by atoms with Crippen molar-refractivity contribution in [3.05, 3.63) is 28.1 Å². The van der Waals surface area contributed by atoms with Crippen molar-refractivity contribution in [2.45, 2.75) is 6.92 Å². The third-order valence-corrected chi connectivity index (χ3v) is 1.69. The Labute approximate surface area is 47.4 Å². The molecule has 0 fully saturated rings. The third kappa shape index (κ3) is 0.224. The predicted octanol–water partition coefficient (Wildman–Crippen LogP) is 1.18. The highest BCUT2D eigenvalue weighted by molar-refractivity contribution is 5.53. The average molecular weight is 105 g/mol. The van der Waals surface area contributed by atoms with Gasteiger partial charge in [-0.05, 0) is 29.8 Å². The zero-order valence-corrected chi connectivity index (χ0v) is 4.73. The van der Waals surface area contributed by atoms with Gasteiger partial charge in [0.2, 0.25) is 0 Å². The molecule has 0 radical (unpaired) electrons. The zero-order valence-electron chi connectivity index (χ0n) is 4.73. The molecule has 0 aliphatic heterocycles. The largest absolute Gasteiger partial charge is 0.398 e. The van der Waals surface area contributed by atoms with Crippen LogP contribution < -0.4 is 5.73 Å². The molecule has 0 aromatic rings. The van der Waals surface area contributed by atoms with Gasteiger partial charge in [-0.25, -0.2) is 0 Å². The Bertz CT molecular complexity index is 291. The van der Waals surface area contributed by atoms with Crippen molar-refractivity contribution < 1.29 is 0 Å². The maximum absolute atomic E-state index is 5.48. The maximum atomic E-state index is 5.48. The number of rotatable bonds is 0. The van der Waals surface area contributed by atoms with Gasteiger partial charge in [0.05, 0.1) is 0 Å². The number of benzene rings is 1. The summed E-state index contributed by atoms with van der Waals surface area (Å²) in [5, 5.41) is 2.63. The summed E-state index contributed by atoms with van der Waals surface area (Å²) < 4.78 is 0. The van der Waals surface area contributed by atoms with Crippen LogP contribution in [-0.2, 0) is 0 Å². The standard InChI is InChI=1S/C7H7N/c1-4-2-6-5(4)3-7(6)8/h2-3H,8H2,1H3. The summed E-state index contributed by atoms with van der Waals surface area (Å²) in [5.74, 6) is 0. The van der Waals surface area contributed by atoms with E-state index in [2.05, 4.69) is 13.0 Å². The molecule has 2 N–H and O–H groups in total. The monoisotopic (exact) mass is 105 g/mol. The lowest BCUT2D eigenvalue weighted by Gasteiger charge is -2.09. The summed E-state index contributed by atoms with van der Waals surface area (Å²) in [6, 6.07) is 4.13. The average Bonchev–Trinajstić information content (AvgIpc) is 1.76. The highest BCUT2D eigenvalue weighted by atomic mass is 14.6. The van der Waals surface area contributed by atoms with Crippen molar-refractivity contribution in [2.24, 2.45) is 0 Å². The Hall–Kier alpha value is -0.980. The number of nitrogens with two attached hydrogens (primary N) is 1. The number of anilines is 1. The van der Waals surface area contributed by atoms with Crippen LogP contribution in [0, 0.1) is 17.4 Å². The minimum atomic E-state index is 0.950. The molecule has 8 heavy (non-hydrogen) atoms. The SMILES string of the molecule is Cc1cc2c(N)cc1=2. The smallest absolute Gasteiger partial charge is 0.0400 e. The molecule has 2 aliphatic carbocycles. The molecule has 0 aromatic heterocycles. The van der Waals surface area contributed by atoms with Gasteiger partial charge in [-0.1, -0.05) is 0 Å². The van der Waals surface area contributed by atoms with E-state index in [1.165, 1.54) is 16.0 Å². The second kappa shape index (κ2) is 0.895. The normalized spacial score (nSPS) is 11.6. The van der Waals surface area contributed by atoms with Crippen molar-refractivity contribution in [2.75, 3.05) is 5.73 Å². The fourth-order valence-corrected chi connectivity index (χ4v) is 1.09. The zero-order chi connectivity index (χ0) is 5.72. The molecule has 1 nitrogen and oxygen atoms in total. The van der Waals surface area contributed by atoms with Crippen molar-refractivity contribution in [3.8, 4) is 0 Å². The second-order valence-corrected chi connectivity index (χ2v) is 2.25. The van der Waals surface area contributed by atoms with Crippen LogP contribution in [0.25, 0.3) is 0 Å². The van der Waals surface area contributed by atoms with Crippen molar-refractivity contribution in [1.82, 2.24) is 0 Å². The summed E-state index contributed by atoms with van der Waals surface area (Å²) in [4.78, 5) is 0. The molecule has 40 valence electrons. The van der Waals surface area contributed by atoms with Crippen LogP contribution in [0.15, 0.2) is 12.1 Å². The molecule has 1 heteroatoms. The Kier molecular flexibility index (Phi) is 0.442. The lowest BCUT2D eigenvalue weighted by molar-refractivity contribution is 1.27. The summed E-state index contributed by atoms with van der Waals surface area (Å²) in [5.41, 5.74) is 7.80. The minimum Gasteiger partial charge on any atom is -0.398 e. The van der Waals surface area contributed by atoms with Crippen molar-refractivity contribution in [1.29, 1.82) is 0 Å². The Balaban J connectivity index is 2.87. The molecule has 0 amide bonds. The van der Waals surface area contributed by atoms with E-state index >= 15 is 0 Å². The Morgan fingerprint density at radius 1 is 1.25 bits per heavy atom. The van der Waals surface area contributed by atoms with Crippen LogP contribution in [0.1, 0.15) is 5.56 Å². The first-order valence-corrected chi connectivity index (χ1v) is 2.69. The lowest BCUT2D eigenvalue weighted by atomic mass is 9.98. The minimum absolute atomic E-state index is 0.950. The van der Waals surface area contributed by atoms with E-state index < -0.39 is 0 Å². The van der Waals surface area contributed by atoms with Crippen LogP contribution >= 0.6 is 0 Å². The fraction of sp³-hybridized carbons (Fsp3) is 0.143. The molecule has 0 atom stereocenters. The van der Waals surface area contributed by atoms with Gasteiger partial charge in [-0.15, -0.1) is 0 Å². The fourth-order valence-electron chi connectivity index (χ4n) is 1.09.